The van der Waals surface area contributed by atoms with Crippen molar-refractivity contribution in [3.05, 3.63) is 29.8 Å². The minimum atomic E-state index is -0.300. The number of ether oxygens (including phenoxy) is 2. The number of rotatable bonds is 7. The normalized spacial score (nSPS) is 19.5. The molecule has 1 saturated heterocycles. The van der Waals surface area contributed by atoms with Crippen molar-refractivity contribution in [2.24, 2.45) is 0 Å². The lowest BCUT2D eigenvalue weighted by atomic mass is 10.1. The van der Waals surface area contributed by atoms with Crippen LogP contribution in [0.2, 0.25) is 0 Å². The van der Waals surface area contributed by atoms with Gasteiger partial charge in [-0.3, -0.25) is 4.79 Å². The van der Waals surface area contributed by atoms with Crippen LogP contribution in [0.3, 0.4) is 0 Å². The van der Waals surface area contributed by atoms with Crippen LogP contribution in [0.15, 0.2) is 24.3 Å². The van der Waals surface area contributed by atoms with E-state index >= 15 is 0 Å². The van der Waals surface area contributed by atoms with Crippen molar-refractivity contribution in [1.29, 1.82) is 0 Å². The van der Waals surface area contributed by atoms with Crippen LogP contribution in [0.5, 0.6) is 5.75 Å². The van der Waals surface area contributed by atoms with E-state index in [1.54, 1.807) is 0 Å². The quantitative estimate of drug-likeness (QED) is 0.734. The number of hydrogen-bond acceptors (Lipinski definition) is 5. The number of carbonyl (C=O) groups excluding carboxylic acids is 1. The van der Waals surface area contributed by atoms with Crippen molar-refractivity contribution in [3.63, 3.8) is 0 Å². The Balaban J connectivity index is 0.00000288. The molecule has 1 aliphatic rings. The molecule has 0 saturated carbocycles. The summed E-state index contributed by atoms with van der Waals surface area (Å²) in [5.41, 5.74) is 0.976. The van der Waals surface area contributed by atoms with E-state index in [1.165, 1.54) is 0 Å². The second-order valence-corrected chi connectivity index (χ2v) is 5.98. The molecule has 1 fully saturated rings. The largest absolute Gasteiger partial charge is 0.492 e. The van der Waals surface area contributed by atoms with Crippen molar-refractivity contribution in [2.45, 2.75) is 25.6 Å². The highest BCUT2D eigenvalue weighted by Crippen LogP contribution is 2.17. The highest BCUT2D eigenvalue weighted by Gasteiger charge is 2.28. The van der Waals surface area contributed by atoms with Gasteiger partial charge in [-0.15, -0.1) is 24.8 Å². The molecule has 1 aliphatic heterocycles. The number of para-hydroxylation sites is 1. The van der Waals surface area contributed by atoms with Gasteiger partial charge in [-0.2, -0.15) is 0 Å². The number of hydrogen-bond donors (Lipinski definition) is 2. The lowest BCUT2D eigenvalue weighted by Crippen LogP contribution is -2.55. The molecule has 25 heavy (non-hydrogen) atoms. The predicted octanol–water partition coefficient (Wildman–Crippen LogP) is 1.46. The van der Waals surface area contributed by atoms with E-state index < -0.39 is 0 Å². The zero-order valence-electron chi connectivity index (χ0n) is 15.0. The predicted molar refractivity (Wildman–Crippen MR) is 104 cm³/mol. The van der Waals surface area contributed by atoms with Gasteiger partial charge in [-0.05, 0) is 27.1 Å². The Morgan fingerprint density at radius 3 is 2.76 bits per heavy atom. The third-order valence-corrected chi connectivity index (χ3v) is 3.82. The average molecular weight is 394 g/mol. The summed E-state index contributed by atoms with van der Waals surface area (Å²) in [6.07, 6.45) is -0.115. The van der Waals surface area contributed by atoms with Crippen LogP contribution in [0.1, 0.15) is 12.5 Å². The van der Waals surface area contributed by atoms with Gasteiger partial charge in [0.05, 0.1) is 12.7 Å². The smallest absolute Gasteiger partial charge is 0.240 e. The third-order valence-electron chi connectivity index (χ3n) is 3.82. The van der Waals surface area contributed by atoms with E-state index in [1.807, 2.05) is 45.3 Å². The molecule has 1 aromatic carbocycles. The fourth-order valence-corrected chi connectivity index (χ4v) is 2.45. The summed E-state index contributed by atoms with van der Waals surface area (Å²) in [6.45, 7) is 5.17. The molecule has 2 N–H and O–H groups in total. The Morgan fingerprint density at radius 2 is 2.08 bits per heavy atom. The monoisotopic (exact) mass is 393 g/mol. The lowest BCUT2D eigenvalue weighted by molar-refractivity contribution is -0.129. The van der Waals surface area contributed by atoms with Crippen molar-refractivity contribution < 1.29 is 14.3 Å². The summed E-state index contributed by atoms with van der Waals surface area (Å²) in [5, 5.41) is 6.16. The SMILES string of the molecule is C[C@H]1OCCN[C@@H]1C(=O)NCc1ccccc1OCCN(C)C.Cl.Cl. The molecule has 0 spiro atoms. The Bertz CT molecular complexity index is 518. The fraction of sp³-hybridized carbons (Fsp3) is 0.588. The van der Waals surface area contributed by atoms with Gasteiger partial charge in [0.2, 0.25) is 5.91 Å². The number of carbonyl (C=O) groups is 1. The Kier molecular flexibility index (Phi) is 11.8. The van der Waals surface area contributed by atoms with E-state index in [-0.39, 0.29) is 42.9 Å². The van der Waals surface area contributed by atoms with Gasteiger partial charge in [0.1, 0.15) is 18.4 Å². The van der Waals surface area contributed by atoms with Crippen LogP contribution >= 0.6 is 24.8 Å². The lowest BCUT2D eigenvalue weighted by Gasteiger charge is -2.29. The van der Waals surface area contributed by atoms with Crippen LogP contribution in [0.4, 0.5) is 0 Å². The molecule has 8 heteroatoms. The van der Waals surface area contributed by atoms with Gasteiger partial charge >= 0.3 is 0 Å². The van der Waals surface area contributed by atoms with Gasteiger partial charge in [0, 0.05) is 25.2 Å². The number of nitrogens with zero attached hydrogens (tertiary/aromatic N) is 1. The van der Waals surface area contributed by atoms with E-state index in [2.05, 4.69) is 15.5 Å². The van der Waals surface area contributed by atoms with E-state index in [9.17, 15) is 4.79 Å². The van der Waals surface area contributed by atoms with Crippen molar-refractivity contribution in [3.8, 4) is 5.75 Å². The summed E-state index contributed by atoms with van der Waals surface area (Å²) < 4.78 is 11.3. The van der Waals surface area contributed by atoms with Gasteiger partial charge in [-0.1, -0.05) is 18.2 Å². The molecule has 6 nitrogen and oxygen atoms in total. The summed E-state index contributed by atoms with van der Waals surface area (Å²) >= 11 is 0. The van der Waals surface area contributed by atoms with E-state index in [0.29, 0.717) is 26.3 Å². The number of morpholine rings is 1. The summed E-state index contributed by atoms with van der Waals surface area (Å²) in [7, 11) is 4.02. The zero-order chi connectivity index (χ0) is 16.7. The number of likely N-dealkylation sites (N-methyl/N-ethyl adjacent to an activating group) is 1. The maximum Gasteiger partial charge on any atom is 0.240 e. The molecular formula is C17H29Cl2N3O3. The molecular weight excluding hydrogens is 365 g/mol. The first kappa shape index (κ1) is 23.9. The molecule has 1 aromatic rings. The molecule has 1 amide bonds. The maximum absolute atomic E-state index is 12.3. The average Bonchev–Trinajstić information content (AvgIpc) is 2.54. The van der Waals surface area contributed by atoms with Crippen molar-refractivity contribution in [1.82, 2.24) is 15.5 Å². The number of nitrogens with one attached hydrogen (secondary N) is 2. The van der Waals surface area contributed by atoms with Crippen LogP contribution in [-0.4, -0.2) is 63.4 Å². The topological polar surface area (TPSA) is 62.8 Å². The zero-order valence-corrected chi connectivity index (χ0v) is 16.6. The van der Waals surface area contributed by atoms with E-state index in [0.717, 1.165) is 17.9 Å². The number of amides is 1. The summed E-state index contributed by atoms with van der Waals surface area (Å²) in [5.74, 6) is 0.774. The fourth-order valence-electron chi connectivity index (χ4n) is 2.45. The first-order chi connectivity index (χ1) is 11.1. The Hall–Kier alpha value is -1.05. The molecule has 2 atom stereocenters. The first-order valence-electron chi connectivity index (χ1n) is 8.06. The molecule has 0 aromatic heterocycles. The van der Waals surface area contributed by atoms with Gasteiger partial charge < -0.3 is 25.0 Å². The molecule has 0 bridgehead atoms. The molecule has 1 heterocycles. The maximum atomic E-state index is 12.3. The van der Waals surface area contributed by atoms with Crippen LogP contribution in [0.25, 0.3) is 0 Å². The van der Waals surface area contributed by atoms with Gasteiger partial charge in [0.25, 0.3) is 0 Å². The van der Waals surface area contributed by atoms with Crippen molar-refractivity contribution >= 4 is 30.7 Å². The van der Waals surface area contributed by atoms with Crippen LogP contribution < -0.4 is 15.4 Å². The summed E-state index contributed by atoms with van der Waals surface area (Å²) in [6, 6.07) is 7.49. The summed E-state index contributed by atoms with van der Waals surface area (Å²) in [4.78, 5) is 14.4. The molecule has 0 aliphatic carbocycles. The van der Waals surface area contributed by atoms with Crippen LogP contribution in [0, 0.1) is 0 Å². The minimum absolute atomic E-state index is 0. The number of halogens is 2. The molecule has 0 unspecified atom stereocenters. The second-order valence-electron chi connectivity index (χ2n) is 5.98. The van der Waals surface area contributed by atoms with Crippen molar-refractivity contribution in [2.75, 3.05) is 40.4 Å². The second kappa shape index (κ2) is 12.3. The standard InChI is InChI=1S/C17H27N3O3.2ClH/c1-13-16(18-8-10-22-13)17(21)19-12-14-6-4-5-7-15(14)23-11-9-20(2)3;;/h4-7,13,16,18H,8-12H2,1-3H3,(H,19,21);2*1H/t13-,16+;;/m1../s1. The van der Waals surface area contributed by atoms with Gasteiger partial charge in [0.15, 0.2) is 0 Å². The minimum Gasteiger partial charge on any atom is -0.492 e. The Morgan fingerprint density at radius 1 is 1.36 bits per heavy atom. The first-order valence-corrected chi connectivity index (χ1v) is 8.06. The molecule has 0 radical (unpaired) electrons. The van der Waals surface area contributed by atoms with Crippen LogP contribution in [-0.2, 0) is 16.1 Å². The third kappa shape index (κ3) is 7.79. The highest BCUT2D eigenvalue weighted by atomic mass is 35.5. The Labute approximate surface area is 162 Å². The molecule has 144 valence electrons. The number of benzene rings is 1. The van der Waals surface area contributed by atoms with E-state index in [4.69, 9.17) is 9.47 Å². The van der Waals surface area contributed by atoms with Gasteiger partial charge in [-0.25, -0.2) is 0 Å². The highest BCUT2D eigenvalue weighted by molar-refractivity contribution is 5.85. The molecule has 2 rings (SSSR count).